The molecular weight excluding hydrogens is 390 g/mol. The van der Waals surface area contributed by atoms with Crippen molar-refractivity contribution >= 4 is 17.5 Å². The first-order valence-electron chi connectivity index (χ1n) is 11.3. The summed E-state index contributed by atoms with van der Waals surface area (Å²) < 4.78 is 5.97. The molecule has 1 spiro atoms. The highest BCUT2D eigenvalue weighted by Gasteiger charge is 2.55. The number of ether oxygens (including phenoxy) is 1. The zero-order chi connectivity index (χ0) is 21.0. The molecule has 3 saturated carbocycles. The Morgan fingerprint density at radius 2 is 1.94 bits per heavy atom. The smallest absolute Gasteiger partial charge is 0.255 e. The van der Waals surface area contributed by atoms with Gasteiger partial charge in [0.05, 0.1) is 12.1 Å². The number of carbonyl (C=O) groups excluding carboxylic acids is 2. The first kappa shape index (κ1) is 18.7. The molecule has 0 radical (unpaired) electrons. The van der Waals surface area contributed by atoms with Crippen LogP contribution in [0.25, 0.3) is 0 Å². The van der Waals surface area contributed by atoms with Crippen molar-refractivity contribution in [3.63, 3.8) is 0 Å². The second-order valence-electron chi connectivity index (χ2n) is 9.47. The molecular formula is C25H27N3O3. The zero-order valence-corrected chi connectivity index (χ0v) is 17.4. The highest BCUT2D eigenvalue weighted by Crippen LogP contribution is 2.51. The van der Waals surface area contributed by atoms with Crippen LogP contribution in [0.4, 0.5) is 5.69 Å². The van der Waals surface area contributed by atoms with Crippen molar-refractivity contribution in [2.75, 3.05) is 11.9 Å². The SMILES string of the molecule is O=C1N[C@@]2(CC3CCC2CC3C(=O)NCC2Cc3ccccc3O2)Nc2ccccc21. The van der Waals surface area contributed by atoms with E-state index in [9.17, 15) is 9.59 Å². The van der Waals surface area contributed by atoms with Crippen molar-refractivity contribution in [1.82, 2.24) is 10.6 Å². The van der Waals surface area contributed by atoms with E-state index in [4.69, 9.17) is 4.74 Å². The van der Waals surface area contributed by atoms with Crippen LogP contribution in [0.3, 0.4) is 0 Å². The maximum absolute atomic E-state index is 13.1. The summed E-state index contributed by atoms with van der Waals surface area (Å²) in [6.45, 7) is 0.537. The summed E-state index contributed by atoms with van der Waals surface area (Å²) in [5.41, 5.74) is 2.38. The second-order valence-corrected chi connectivity index (χ2v) is 9.47. The number of nitrogens with one attached hydrogen (secondary N) is 3. The van der Waals surface area contributed by atoms with Crippen molar-refractivity contribution in [3.05, 3.63) is 59.7 Å². The summed E-state index contributed by atoms with van der Waals surface area (Å²) in [6, 6.07) is 15.7. The van der Waals surface area contributed by atoms with Gasteiger partial charge in [-0.1, -0.05) is 30.3 Å². The standard InChI is InChI=1S/C25H27N3O3/c29-23(26-14-18-11-15-5-1-4-8-22(15)31-18)20-12-17-10-9-16(20)13-25(17)27-21-7-3-2-6-19(21)24(30)28-25/h1-8,16-18,20,27H,9-14H2,(H,26,29)(H,28,30)/t16?,17?,18?,20?,25-/m1/s1. The average Bonchev–Trinajstić information content (AvgIpc) is 3.21. The van der Waals surface area contributed by atoms with Gasteiger partial charge in [0.1, 0.15) is 17.5 Å². The van der Waals surface area contributed by atoms with Crippen LogP contribution in [0.1, 0.15) is 41.6 Å². The molecule has 5 atom stereocenters. The number of anilines is 1. The molecule has 3 N–H and O–H groups in total. The lowest BCUT2D eigenvalue weighted by molar-refractivity contribution is -0.132. The molecule has 3 aliphatic carbocycles. The number of hydrogen-bond acceptors (Lipinski definition) is 4. The van der Waals surface area contributed by atoms with Crippen LogP contribution >= 0.6 is 0 Å². The van der Waals surface area contributed by atoms with Gasteiger partial charge in [-0.2, -0.15) is 0 Å². The maximum atomic E-state index is 13.1. The normalized spacial score (nSPS) is 32.5. The van der Waals surface area contributed by atoms with Gasteiger partial charge in [-0.15, -0.1) is 0 Å². The quantitative estimate of drug-likeness (QED) is 0.717. The third-order valence-corrected chi connectivity index (χ3v) is 7.70. The van der Waals surface area contributed by atoms with Crippen molar-refractivity contribution in [2.24, 2.45) is 17.8 Å². The predicted octanol–water partition coefficient (Wildman–Crippen LogP) is 3.09. The lowest BCUT2D eigenvalue weighted by Crippen LogP contribution is -2.68. The summed E-state index contributed by atoms with van der Waals surface area (Å²) >= 11 is 0. The van der Waals surface area contributed by atoms with Crippen molar-refractivity contribution in [3.8, 4) is 5.75 Å². The average molecular weight is 418 g/mol. The molecule has 0 saturated heterocycles. The summed E-state index contributed by atoms with van der Waals surface area (Å²) in [4.78, 5) is 25.8. The van der Waals surface area contributed by atoms with Gasteiger partial charge in [0.25, 0.3) is 5.91 Å². The van der Waals surface area contributed by atoms with Gasteiger partial charge in [0.2, 0.25) is 5.91 Å². The van der Waals surface area contributed by atoms with Gasteiger partial charge >= 0.3 is 0 Å². The highest BCUT2D eigenvalue weighted by atomic mass is 16.5. The number of benzene rings is 2. The molecule has 6 nitrogen and oxygen atoms in total. The molecule has 2 aromatic rings. The largest absolute Gasteiger partial charge is 0.488 e. The van der Waals surface area contributed by atoms with E-state index in [1.165, 1.54) is 5.56 Å². The summed E-state index contributed by atoms with van der Waals surface area (Å²) in [5, 5.41) is 10.1. The molecule has 6 heteroatoms. The van der Waals surface area contributed by atoms with Crippen LogP contribution < -0.4 is 20.7 Å². The molecule has 160 valence electrons. The number of rotatable bonds is 3. The van der Waals surface area contributed by atoms with Gasteiger partial charge in [-0.05, 0) is 55.4 Å². The zero-order valence-electron chi connectivity index (χ0n) is 17.4. The number of hydrogen-bond donors (Lipinski definition) is 3. The van der Waals surface area contributed by atoms with Crippen LogP contribution in [-0.2, 0) is 11.2 Å². The van der Waals surface area contributed by atoms with Gasteiger partial charge in [-0.3, -0.25) is 9.59 Å². The third kappa shape index (κ3) is 3.08. The molecule has 5 aliphatic rings. The summed E-state index contributed by atoms with van der Waals surface area (Å²) in [7, 11) is 0. The van der Waals surface area contributed by atoms with E-state index in [1.54, 1.807) is 0 Å². The van der Waals surface area contributed by atoms with Gasteiger partial charge in [-0.25, -0.2) is 0 Å². The molecule has 3 fully saturated rings. The molecule has 2 aliphatic heterocycles. The van der Waals surface area contributed by atoms with Crippen molar-refractivity contribution in [2.45, 2.75) is 43.9 Å². The topological polar surface area (TPSA) is 79.5 Å². The molecule has 2 bridgehead atoms. The number of carbonyl (C=O) groups is 2. The summed E-state index contributed by atoms with van der Waals surface area (Å²) in [6.07, 6.45) is 4.51. The van der Waals surface area contributed by atoms with Gasteiger partial charge < -0.3 is 20.7 Å². The molecule has 2 amide bonds. The number of amides is 2. The van der Waals surface area contributed by atoms with E-state index in [0.29, 0.717) is 12.1 Å². The molecule has 2 aromatic carbocycles. The highest BCUT2D eigenvalue weighted by molar-refractivity contribution is 6.02. The van der Waals surface area contributed by atoms with E-state index in [0.717, 1.165) is 43.5 Å². The van der Waals surface area contributed by atoms with Crippen LogP contribution in [0, 0.1) is 17.8 Å². The van der Waals surface area contributed by atoms with Crippen LogP contribution in [-0.4, -0.2) is 30.1 Å². The Morgan fingerprint density at radius 3 is 2.77 bits per heavy atom. The Kier molecular flexibility index (Phi) is 4.23. The van der Waals surface area contributed by atoms with E-state index < -0.39 is 5.66 Å². The first-order valence-corrected chi connectivity index (χ1v) is 11.3. The minimum Gasteiger partial charge on any atom is -0.488 e. The van der Waals surface area contributed by atoms with Crippen molar-refractivity contribution in [1.29, 1.82) is 0 Å². The van der Waals surface area contributed by atoms with Crippen LogP contribution in [0.5, 0.6) is 5.75 Å². The van der Waals surface area contributed by atoms with Crippen molar-refractivity contribution < 1.29 is 14.3 Å². The fourth-order valence-corrected chi connectivity index (χ4v) is 6.18. The van der Waals surface area contributed by atoms with E-state index in [1.807, 2.05) is 42.5 Å². The monoisotopic (exact) mass is 417 g/mol. The first-order chi connectivity index (χ1) is 15.1. The van der Waals surface area contributed by atoms with Gasteiger partial charge in [0.15, 0.2) is 0 Å². The van der Waals surface area contributed by atoms with E-state index in [2.05, 4.69) is 22.0 Å². The number of para-hydroxylation sites is 2. The Hall–Kier alpha value is -3.02. The Labute approximate surface area is 181 Å². The predicted molar refractivity (Wildman–Crippen MR) is 117 cm³/mol. The van der Waals surface area contributed by atoms with Crippen LogP contribution in [0.15, 0.2) is 48.5 Å². The lowest BCUT2D eigenvalue weighted by atomic mass is 9.58. The van der Waals surface area contributed by atoms with Gasteiger partial charge in [0, 0.05) is 23.9 Å². The maximum Gasteiger partial charge on any atom is 0.255 e. The summed E-state index contributed by atoms with van der Waals surface area (Å²) in [5.74, 6) is 1.57. The van der Waals surface area contributed by atoms with Crippen LogP contribution in [0.2, 0.25) is 0 Å². The Balaban J connectivity index is 1.11. The molecule has 2 heterocycles. The van der Waals surface area contributed by atoms with E-state index in [-0.39, 0.29) is 35.7 Å². The molecule has 0 aromatic heterocycles. The van der Waals surface area contributed by atoms with E-state index >= 15 is 0 Å². The Bertz CT molecular complexity index is 1030. The fourth-order valence-electron chi connectivity index (χ4n) is 6.18. The fraction of sp³-hybridized carbons (Fsp3) is 0.440. The number of fused-ring (bicyclic) bond motifs is 4. The second kappa shape index (κ2) is 7.01. The third-order valence-electron chi connectivity index (χ3n) is 7.70. The molecule has 4 unspecified atom stereocenters. The molecule has 31 heavy (non-hydrogen) atoms. The minimum atomic E-state index is -0.429. The molecule has 7 rings (SSSR count). The lowest BCUT2D eigenvalue weighted by Gasteiger charge is -2.56. The minimum absolute atomic E-state index is 0.00373. The Morgan fingerprint density at radius 1 is 1.10 bits per heavy atom.